The molecular formula is C12H12F2O3. The summed E-state index contributed by atoms with van der Waals surface area (Å²) in [6.07, 6.45) is -0.310. The summed E-state index contributed by atoms with van der Waals surface area (Å²) in [5, 5.41) is 0. The van der Waals surface area contributed by atoms with Gasteiger partial charge in [-0.2, -0.15) is 0 Å². The van der Waals surface area contributed by atoms with Gasteiger partial charge in [-0.25, -0.2) is 8.78 Å². The Bertz CT molecular complexity index is 430. The Morgan fingerprint density at radius 1 is 1.24 bits per heavy atom. The zero-order valence-corrected chi connectivity index (χ0v) is 9.33. The van der Waals surface area contributed by atoms with E-state index < -0.39 is 17.6 Å². The quantitative estimate of drug-likeness (QED) is 0.742. The molecule has 0 saturated carbocycles. The van der Waals surface area contributed by atoms with Crippen LogP contribution in [-0.4, -0.2) is 18.9 Å². The highest BCUT2D eigenvalue weighted by molar-refractivity contribution is 5.84. The predicted octanol–water partition coefficient (Wildman–Crippen LogP) is 2.03. The first-order valence-electron chi connectivity index (χ1n) is 5.06. The van der Waals surface area contributed by atoms with E-state index in [1.54, 1.807) is 0 Å². The summed E-state index contributed by atoms with van der Waals surface area (Å²) < 4.78 is 30.4. The highest BCUT2D eigenvalue weighted by atomic mass is 19.2. The summed E-state index contributed by atoms with van der Waals surface area (Å²) >= 11 is 0. The molecule has 5 heteroatoms. The number of hydrogen-bond acceptors (Lipinski definition) is 3. The van der Waals surface area contributed by atoms with Crippen molar-refractivity contribution < 1.29 is 23.1 Å². The average Bonchev–Trinajstić information content (AvgIpc) is 2.32. The van der Waals surface area contributed by atoms with Gasteiger partial charge in [-0.15, -0.1) is 0 Å². The first kappa shape index (κ1) is 13.3. The fourth-order valence-corrected chi connectivity index (χ4v) is 1.33. The zero-order chi connectivity index (χ0) is 12.8. The highest BCUT2D eigenvalue weighted by Crippen LogP contribution is 2.13. The van der Waals surface area contributed by atoms with E-state index in [1.807, 2.05) is 0 Å². The van der Waals surface area contributed by atoms with Crippen molar-refractivity contribution in [2.75, 3.05) is 7.11 Å². The van der Waals surface area contributed by atoms with Gasteiger partial charge >= 0.3 is 5.97 Å². The number of Topliss-reactive ketones (excluding diaryl/α,β-unsaturated/α-hetero) is 1. The minimum Gasteiger partial charge on any atom is -0.469 e. The van der Waals surface area contributed by atoms with Crippen molar-refractivity contribution >= 4 is 11.8 Å². The fraction of sp³-hybridized carbons (Fsp3) is 0.333. The standard InChI is InChI=1S/C12H12F2O3/c1-17-11(16)6-5-9(15)7-8-3-2-4-10(13)12(8)14/h2-4H,5-7H2,1H3. The van der Waals surface area contributed by atoms with Crippen LogP contribution in [0.15, 0.2) is 18.2 Å². The third-order valence-corrected chi connectivity index (χ3v) is 2.25. The molecule has 17 heavy (non-hydrogen) atoms. The number of rotatable bonds is 5. The second-order valence-corrected chi connectivity index (χ2v) is 3.50. The Morgan fingerprint density at radius 2 is 1.94 bits per heavy atom. The van der Waals surface area contributed by atoms with Crippen LogP contribution in [0.5, 0.6) is 0 Å². The number of hydrogen-bond donors (Lipinski definition) is 0. The molecule has 0 aliphatic carbocycles. The molecule has 0 aliphatic rings. The van der Waals surface area contributed by atoms with Gasteiger partial charge in [0.05, 0.1) is 13.5 Å². The third kappa shape index (κ3) is 3.94. The van der Waals surface area contributed by atoms with E-state index in [2.05, 4.69) is 4.74 Å². The minimum absolute atomic E-state index is 0.000124. The van der Waals surface area contributed by atoms with E-state index in [-0.39, 0.29) is 30.6 Å². The molecule has 0 bridgehead atoms. The molecule has 1 aromatic rings. The molecule has 0 unspecified atom stereocenters. The fourth-order valence-electron chi connectivity index (χ4n) is 1.33. The van der Waals surface area contributed by atoms with Crippen LogP contribution in [0.25, 0.3) is 0 Å². The molecule has 0 amide bonds. The lowest BCUT2D eigenvalue weighted by Crippen LogP contribution is -2.09. The number of halogens is 2. The van der Waals surface area contributed by atoms with Crippen LogP contribution in [0.2, 0.25) is 0 Å². The second-order valence-electron chi connectivity index (χ2n) is 3.50. The summed E-state index contributed by atoms with van der Waals surface area (Å²) in [7, 11) is 1.22. The highest BCUT2D eigenvalue weighted by Gasteiger charge is 2.12. The van der Waals surface area contributed by atoms with E-state index in [0.717, 1.165) is 6.07 Å². The van der Waals surface area contributed by atoms with Crippen molar-refractivity contribution in [1.29, 1.82) is 0 Å². The summed E-state index contributed by atoms with van der Waals surface area (Å²) in [6.45, 7) is 0. The topological polar surface area (TPSA) is 43.4 Å². The van der Waals surface area contributed by atoms with Gasteiger partial charge in [0.25, 0.3) is 0 Å². The van der Waals surface area contributed by atoms with E-state index in [4.69, 9.17) is 0 Å². The van der Waals surface area contributed by atoms with Crippen molar-refractivity contribution in [3.63, 3.8) is 0 Å². The van der Waals surface area contributed by atoms with Crippen LogP contribution >= 0.6 is 0 Å². The molecule has 92 valence electrons. The number of carbonyl (C=O) groups is 2. The van der Waals surface area contributed by atoms with E-state index in [0.29, 0.717) is 0 Å². The normalized spacial score (nSPS) is 10.1. The maximum Gasteiger partial charge on any atom is 0.305 e. The Morgan fingerprint density at radius 3 is 2.59 bits per heavy atom. The van der Waals surface area contributed by atoms with Gasteiger partial charge in [-0.05, 0) is 11.6 Å². The number of methoxy groups -OCH3 is 1. The molecule has 0 saturated heterocycles. The van der Waals surface area contributed by atoms with E-state index in [9.17, 15) is 18.4 Å². The summed E-state index contributed by atoms with van der Waals surface area (Å²) in [5.41, 5.74) is -0.000124. The molecule has 1 rings (SSSR count). The van der Waals surface area contributed by atoms with Crippen LogP contribution in [0.1, 0.15) is 18.4 Å². The van der Waals surface area contributed by atoms with Crippen molar-refractivity contribution in [3.8, 4) is 0 Å². The maximum atomic E-state index is 13.2. The first-order valence-corrected chi connectivity index (χ1v) is 5.06. The third-order valence-electron chi connectivity index (χ3n) is 2.25. The lowest BCUT2D eigenvalue weighted by molar-refractivity contribution is -0.141. The molecule has 1 aromatic carbocycles. The van der Waals surface area contributed by atoms with Crippen LogP contribution in [0, 0.1) is 11.6 Å². The van der Waals surface area contributed by atoms with Gasteiger partial charge in [-0.3, -0.25) is 9.59 Å². The van der Waals surface area contributed by atoms with Crippen molar-refractivity contribution in [2.45, 2.75) is 19.3 Å². The van der Waals surface area contributed by atoms with E-state index >= 15 is 0 Å². The molecule has 0 aromatic heterocycles. The van der Waals surface area contributed by atoms with Crippen LogP contribution in [-0.2, 0) is 20.7 Å². The van der Waals surface area contributed by atoms with Crippen LogP contribution < -0.4 is 0 Å². The van der Waals surface area contributed by atoms with Crippen LogP contribution in [0.3, 0.4) is 0 Å². The molecule has 0 aliphatic heterocycles. The molecule has 0 atom stereocenters. The lowest BCUT2D eigenvalue weighted by atomic mass is 10.1. The van der Waals surface area contributed by atoms with Gasteiger partial charge in [0.2, 0.25) is 0 Å². The van der Waals surface area contributed by atoms with Crippen LogP contribution in [0.4, 0.5) is 8.78 Å². The Balaban J connectivity index is 2.56. The molecule has 0 radical (unpaired) electrons. The van der Waals surface area contributed by atoms with Gasteiger partial charge < -0.3 is 4.74 Å². The second kappa shape index (κ2) is 6.08. The van der Waals surface area contributed by atoms with Crippen molar-refractivity contribution in [1.82, 2.24) is 0 Å². The predicted molar refractivity (Wildman–Crippen MR) is 56.3 cm³/mol. The van der Waals surface area contributed by atoms with Gasteiger partial charge in [0.15, 0.2) is 11.6 Å². The number of ketones is 1. The number of benzene rings is 1. The molecule has 3 nitrogen and oxygen atoms in total. The minimum atomic E-state index is -1.01. The Hall–Kier alpha value is -1.78. The lowest BCUT2D eigenvalue weighted by Gasteiger charge is -2.03. The molecule has 0 spiro atoms. The monoisotopic (exact) mass is 242 g/mol. The average molecular weight is 242 g/mol. The molecule has 0 fully saturated rings. The number of ether oxygens (including phenoxy) is 1. The van der Waals surface area contributed by atoms with E-state index in [1.165, 1.54) is 19.2 Å². The van der Waals surface area contributed by atoms with Gasteiger partial charge in [0.1, 0.15) is 5.78 Å². The summed E-state index contributed by atoms with van der Waals surface area (Å²) in [6, 6.07) is 3.66. The van der Waals surface area contributed by atoms with Crippen molar-refractivity contribution in [3.05, 3.63) is 35.4 Å². The van der Waals surface area contributed by atoms with Gasteiger partial charge in [0, 0.05) is 12.8 Å². The first-order chi connectivity index (χ1) is 8.04. The number of esters is 1. The molecule has 0 heterocycles. The van der Waals surface area contributed by atoms with Gasteiger partial charge in [-0.1, -0.05) is 12.1 Å². The largest absolute Gasteiger partial charge is 0.469 e. The Labute approximate surface area is 97.4 Å². The number of carbonyl (C=O) groups excluding carboxylic acids is 2. The molecular weight excluding hydrogens is 230 g/mol. The SMILES string of the molecule is COC(=O)CCC(=O)Cc1cccc(F)c1F. The summed E-state index contributed by atoms with van der Waals surface area (Å²) in [4.78, 5) is 22.2. The Kier molecular flexibility index (Phi) is 4.75. The van der Waals surface area contributed by atoms with Crippen molar-refractivity contribution in [2.24, 2.45) is 0 Å². The molecule has 0 N–H and O–H groups in total. The zero-order valence-electron chi connectivity index (χ0n) is 9.33. The summed E-state index contributed by atoms with van der Waals surface area (Å²) in [5.74, 6) is -2.83. The smallest absolute Gasteiger partial charge is 0.305 e. The maximum absolute atomic E-state index is 13.2.